The first-order valence-electron chi connectivity index (χ1n) is 10.8. The van der Waals surface area contributed by atoms with Gasteiger partial charge in [-0.25, -0.2) is 8.42 Å². The molecule has 33 heavy (non-hydrogen) atoms. The van der Waals surface area contributed by atoms with E-state index in [4.69, 9.17) is 9.47 Å². The summed E-state index contributed by atoms with van der Waals surface area (Å²) in [5.74, 6) is 1.14. The van der Waals surface area contributed by atoms with Gasteiger partial charge in [-0.2, -0.15) is 4.31 Å². The second-order valence-electron chi connectivity index (χ2n) is 7.99. The van der Waals surface area contributed by atoms with E-state index in [1.165, 1.54) is 15.2 Å². The van der Waals surface area contributed by atoms with E-state index in [1.54, 1.807) is 34.4 Å². The van der Waals surface area contributed by atoms with E-state index in [0.29, 0.717) is 49.7 Å². The maximum absolute atomic E-state index is 13.3. The summed E-state index contributed by atoms with van der Waals surface area (Å²) in [5.41, 5.74) is 2.33. The number of carbonyl (C=O) groups is 1. The summed E-state index contributed by atoms with van der Waals surface area (Å²) in [4.78, 5) is 16.3. The highest BCUT2D eigenvalue weighted by Gasteiger charge is 2.29. The molecule has 3 heterocycles. The Morgan fingerprint density at radius 1 is 1.12 bits per heavy atom. The molecule has 0 bridgehead atoms. The van der Waals surface area contributed by atoms with Crippen LogP contribution in [0.15, 0.2) is 58.8 Å². The molecule has 0 N–H and O–H groups in total. The van der Waals surface area contributed by atoms with Crippen LogP contribution in [-0.2, 0) is 29.5 Å². The molecule has 0 saturated carbocycles. The average molecular weight is 485 g/mol. The number of ether oxygens (including phenoxy) is 2. The molecule has 9 heteroatoms. The third kappa shape index (κ3) is 4.23. The van der Waals surface area contributed by atoms with E-state index >= 15 is 0 Å². The van der Waals surface area contributed by atoms with Crippen molar-refractivity contribution in [3.63, 3.8) is 0 Å². The Kier molecular flexibility index (Phi) is 5.86. The van der Waals surface area contributed by atoms with Gasteiger partial charge in [0.05, 0.1) is 4.90 Å². The van der Waals surface area contributed by atoms with Gasteiger partial charge in [0.1, 0.15) is 0 Å². The van der Waals surface area contributed by atoms with Gasteiger partial charge in [0, 0.05) is 36.6 Å². The van der Waals surface area contributed by atoms with Crippen molar-refractivity contribution in [3.05, 3.63) is 75.5 Å². The van der Waals surface area contributed by atoms with Crippen LogP contribution >= 0.6 is 11.3 Å². The number of carbonyl (C=O) groups excluding carboxylic acids is 1. The number of thiophene rings is 1. The Morgan fingerprint density at radius 3 is 2.82 bits per heavy atom. The third-order valence-corrected chi connectivity index (χ3v) is 8.83. The summed E-state index contributed by atoms with van der Waals surface area (Å²) < 4.78 is 38.9. The highest BCUT2D eigenvalue weighted by atomic mass is 32.2. The fraction of sp³-hybridized carbons (Fsp3) is 0.292. The summed E-state index contributed by atoms with van der Waals surface area (Å²) >= 11 is 1.67. The lowest BCUT2D eigenvalue weighted by Gasteiger charge is -2.26. The van der Waals surface area contributed by atoms with Crippen LogP contribution in [0, 0.1) is 0 Å². The lowest BCUT2D eigenvalue weighted by atomic mass is 10.1. The molecule has 0 aliphatic carbocycles. The van der Waals surface area contributed by atoms with Crippen LogP contribution in [0.1, 0.15) is 33.3 Å². The number of benzene rings is 2. The van der Waals surface area contributed by atoms with Gasteiger partial charge < -0.3 is 14.4 Å². The topological polar surface area (TPSA) is 76.1 Å². The number of rotatable bonds is 6. The van der Waals surface area contributed by atoms with Crippen molar-refractivity contribution < 1.29 is 22.7 Å². The molecular weight excluding hydrogens is 460 g/mol. The van der Waals surface area contributed by atoms with Crippen LogP contribution in [0.25, 0.3) is 0 Å². The second-order valence-corrected chi connectivity index (χ2v) is 10.9. The molecule has 3 aromatic rings. The fourth-order valence-electron chi connectivity index (χ4n) is 4.14. The van der Waals surface area contributed by atoms with Crippen LogP contribution in [0.3, 0.4) is 0 Å². The van der Waals surface area contributed by atoms with E-state index in [0.717, 1.165) is 11.1 Å². The molecule has 1 amide bonds. The van der Waals surface area contributed by atoms with Gasteiger partial charge in [0.25, 0.3) is 5.91 Å². The SMILES string of the molecule is CCN(Cc1ccc2c(c1)OCO2)C(=O)c1cccc(S(=O)(=O)N2CCc3sccc3C2)c1. The van der Waals surface area contributed by atoms with Crippen molar-refractivity contribution in [1.29, 1.82) is 0 Å². The Labute approximate surface area is 197 Å². The van der Waals surface area contributed by atoms with E-state index < -0.39 is 10.0 Å². The smallest absolute Gasteiger partial charge is 0.254 e. The number of nitrogens with zero attached hydrogens (tertiary/aromatic N) is 2. The molecule has 0 spiro atoms. The zero-order chi connectivity index (χ0) is 23.0. The van der Waals surface area contributed by atoms with Crippen molar-refractivity contribution in [2.45, 2.75) is 31.3 Å². The van der Waals surface area contributed by atoms with E-state index in [9.17, 15) is 13.2 Å². The lowest BCUT2D eigenvalue weighted by Crippen LogP contribution is -2.35. The number of fused-ring (bicyclic) bond motifs is 2. The predicted octanol–water partition coefficient (Wildman–Crippen LogP) is 3.89. The molecule has 7 nitrogen and oxygen atoms in total. The molecule has 0 saturated heterocycles. The minimum Gasteiger partial charge on any atom is -0.454 e. The Morgan fingerprint density at radius 2 is 1.97 bits per heavy atom. The van der Waals surface area contributed by atoms with Gasteiger partial charge in [0.2, 0.25) is 16.8 Å². The van der Waals surface area contributed by atoms with Crippen LogP contribution < -0.4 is 9.47 Å². The number of sulfonamides is 1. The lowest BCUT2D eigenvalue weighted by molar-refractivity contribution is 0.0752. The first-order valence-corrected chi connectivity index (χ1v) is 13.1. The summed E-state index contributed by atoms with van der Waals surface area (Å²) in [7, 11) is -3.70. The summed E-state index contributed by atoms with van der Waals surface area (Å²) in [5, 5.41) is 2.00. The second kappa shape index (κ2) is 8.81. The largest absolute Gasteiger partial charge is 0.454 e. The highest BCUT2D eigenvalue weighted by molar-refractivity contribution is 7.89. The van der Waals surface area contributed by atoms with Gasteiger partial charge in [-0.1, -0.05) is 12.1 Å². The number of hydrogen-bond acceptors (Lipinski definition) is 6. The van der Waals surface area contributed by atoms with Gasteiger partial charge in [-0.3, -0.25) is 4.79 Å². The molecule has 1 aromatic heterocycles. The Balaban J connectivity index is 1.36. The molecule has 0 radical (unpaired) electrons. The Hall–Kier alpha value is -2.88. The van der Waals surface area contributed by atoms with Gasteiger partial charge in [-0.05, 0) is 66.2 Å². The molecule has 2 aliphatic rings. The number of hydrogen-bond donors (Lipinski definition) is 0. The molecule has 2 aromatic carbocycles. The summed E-state index contributed by atoms with van der Waals surface area (Å²) in [6.45, 7) is 3.77. The zero-order valence-electron chi connectivity index (χ0n) is 18.2. The van der Waals surface area contributed by atoms with Crippen LogP contribution in [0.5, 0.6) is 11.5 Å². The molecule has 0 fully saturated rings. The van der Waals surface area contributed by atoms with E-state index in [2.05, 4.69) is 0 Å². The van der Waals surface area contributed by atoms with Crippen molar-refractivity contribution in [2.24, 2.45) is 0 Å². The molecule has 5 rings (SSSR count). The zero-order valence-corrected chi connectivity index (χ0v) is 19.8. The van der Waals surface area contributed by atoms with Crippen LogP contribution in [-0.4, -0.2) is 43.4 Å². The quantitative estimate of drug-likeness (QED) is 0.531. The van der Waals surface area contributed by atoms with Gasteiger partial charge in [-0.15, -0.1) is 11.3 Å². The van der Waals surface area contributed by atoms with E-state index in [1.807, 2.05) is 36.6 Å². The van der Waals surface area contributed by atoms with Crippen molar-refractivity contribution in [1.82, 2.24) is 9.21 Å². The average Bonchev–Trinajstić information content (AvgIpc) is 3.50. The minimum absolute atomic E-state index is 0.145. The predicted molar refractivity (Wildman–Crippen MR) is 125 cm³/mol. The van der Waals surface area contributed by atoms with Crippen LogP contribution in [0.2, 0.25) is 0 Å². The number of amides is 1. The minimum atomic E-state index is -3.70. The normalized spacial score (nSPS) is 15.3. The monoisotopic (exact) mass is 484 g/mol. The summed E-state index contributed by atoms with van der Waals surface area (Å²) in [6, 6.07) is 13.9. The summed E-state index contributed by atoms with van der Waals surface area (Å²) in [6.07, 6.45) is 0.712. The third-order valence-electron chi connectivity index (χ3n) is 5.97. The van der Waals surface area contributed by atoms with Gasteiger partial charge in [0.15, 0.2) is 11.5 Å². The van der Waals surface area contributed by atoms with E-state index in [-0.39, 0.29) is 17.6 Å². The first-order chi connectivity index (χ1) is 16.0. The molecule has 172 valence electrons. The molecule has 0 atom stereocenters. The standard InChI is InChI=1S/C24H24N2O5S2/c1-2-25(14-17-6-7-21-22(12-17)31-16-30-21)24(27)18-4-3-5-20(13-18)33(28,29)26-10-8-23-19(15-26)9-11-32-23/h3-7,9,11-13H,2,8,10,14-16H2,1H3. The maximum atomic E-state index is 13.3. The van der Waals surface area contributed by atoms with Gasteiger partial charge >= 0.3 is 0 Å². The van der Waals surface area contributed by atoms with Crippen LogP contribution in [0.4, 0.5) is 0 Å². The maximum Gasteiger partial charge on any atom is 0.254 e. The first kappa shape index (κ1) is 21.9. The van der Waals surface area contributed by atoms with Crippen molar-refractivity contribution in [3.8, 4) is 11.5 Å². The molecule has 2 aliphatic heterocycles. The Bertz CT molecular complexity index is 1300. The van der Waals surface area contributed by atoms with Crippen molar-refractivity contribution in [2.75, 3.05) is 19.9 Å². The molecular formula is C24H24N2O5S2. The fourth-order valence-corrected chi connectivity index (χ4v) is 6.49. The van der Waals surface area contributed by atoms with Crippen molar-refractivity contribution >= 4 is 27.3 Å². The highest BCUT2D eigenvalue weighted by Crippen LogP contribution is 2.33. The molecule has 0 unspecified atom stereocenters.